The van der Waals surface area contributed by atoms with Crippen LogP contribution in [0.3, 0.4) is 0 Å². The number of guanidine groups is 1. The molecule has 2 aromatic rings. The van der Waals surface area contributed by atoms with E-state index >= 15 is 0 Å². The minimum Gasteiger partial charge on any atom is -0.434 e. The quantitative estimate of drug-likeness (QED) is 0.280. The molecule has 2 aromatic carbocycles. The monoisotopic (exact) mass is 562 g/mol. The molecule has 5 nitrogen and oxygen atoms in total. The fraction of sp³-hybridized carbons (Fsp3) is 0.435. The first-order valence-corrected chi connectivity index (χ1v) is 10.5. The number of hydrogen-bond acceptors (Lipinski definition) is 3. The summed E-state index contributed by atoms with van der Waals surface area (Å²) >= 11 is 0. The lowest BCUT2D eigenvalue weighted by molar-refractivity contribution is -0.0504. The summed E-state index contributed by atoms with van der Waals surface area (Å²) in [6.45, 7) is 0.709. The van der Waals surface area contributed by atoms with Crippen molar-refractivity contribution in [3.63, 3.8) is 0 Å². The Morgan fingerprint density at radius 2 is 1.72 bits per heavy atom. The molecule has 32 heavy (non-hydrogen) atoms. The Kier molecular flexibility index (Phi) is 11.1. The number of aliphatic imine (C=N–C) groups is 1. The molecule has 1 saturated heterocycles. The van der Waals surface area contributed by atoms with Crippen LogP contribution in [-0.4, -0.2) is 44.2 Å². The average molecular weight is 562 g/mol. The van der Waals surface area contributed by atoms with Gasteiger partial charge in [0.2, 0.25) is 0 Å². The number of ether oxygens (including phenoxy) is 1. The van der Waals surface area contributed by atoms with Crippen LogP contribution in [0.25, 0.3) is 0 Å². The molecule has 0 saturated carbocycles. The van der Waals surface area contributed by atoms with E-state index in [4.69, 9.17) is 0 Å². The highest BCUT2D eigenvalue weighted by atomic mass is 127. The van der Waals surface area contributed by atoms with Crippen molar-refractivity contribution in [1.82, 2.24) is 15.5 Å². The van der Waals surface area contributed by atoms with E-state index in [1.165, 1.54) is 12.1 Å². The zero-order chi connectivity index (χ0) is 22.1. The minimum absolute atomic E-state index is 0. The normalized spacial score (nSPS) is 15.3. The van der Waals surface area contributed by atoms with Crippen LogP contribution in [-0.2, 0) is 13.1 Å². The van der Waals surface area contributed by atoms with Crippen LogP contribution in [0, 0.1) is 11.7 Å². The van der Waals surface area contributed by atoms with E-state index in [0.29, 0.717) is 30.5 Å². The third kappa shape index (κ3) is 8.16. The second-order valence-corrected chi connectivity index (χ2v) is 7.60. The Labute approximate surface area is 204 Å². The van der Waals surface area contributed by atoms with E-state index in [9.17, 15) is 13.2 Å². The summed E-state index contributed by atoms with van der Waals surface area (Å²) in [6.07, 6.45) is 2.03. The van der Waals surface area contributed by atoms with Gasteiger partial charge in [-0.05, 0) is 44.0 Å². The minimum atomic E-state index is -2.86. The molecule has 0 amide bonds. The lowest BCUT2D eigenvalue weighted by Gasteiger charge is -2.32. The number of para-hydroxylation sites is 1. The van der Waals surface area contributed by atoms with Gasteiger partial charge in [-0.1, -0.05) is 36.4 Å². The summed E-state index contributed by atoms with van der Waals surface area (Å²) in [7, 11) is 1.67. The third-order valence-electron chi connectivity index (χ3n) is 5.48. The number of piperidine rings is 1. The molecule has 1 aliphatic heterocycles. The van der Waals surface area contributed by atoms with Crippen molar-refractivity contribution in [1.29, 1.82) is 0 Å². The first kappa shape index (κ1) is 26.2. The highest BCUT2D eigenvalue weighted by Crippen LogP contribution is 2.21. The molecule has 0 aliphatic carbocycles. The predicted molar refractivity (Wildman–Crippen MR) is 131 cm³/mol. The fourth-order valence-corrected chi connectivity index (χ4v) is 3.72. The number of nitrogens with zero attached hydrogens (tertiary/aromatic N) is 2. The standard InChI is InChI=1S/C23H29F3N4O.HI/c1-27-23(29-15-18-6-3-5-9-21(18)31-22(25)26)28-14-17-10-12-30(13-11-17)16-19-7-2-4-8-20(19)24;/h2-9,17,22H,10-16H2,1H3,(H2,27,28,29);1H. The van der Waals surface area contributed by atoms with Crippen LogP contribution >= 0.6 is 24.0 Å². The maximum Gasteiger partial charge on any atom is 0.387 e. The van der Waals surface area contributed by atoms with Gasteiger partial charge in [0, 0.05) is 37.8 Å². The van der Waals surface area contributed by atoms with E-state index in [2.05, 4.69) is 25.3 Å². The number of likely N-dealkylation sites (tertiary alicyclic amines) is 1. The molecule has 9 heteroatoms. The van der Waals surface area contributed by atoms with E-state index < -0.39 is 6.61 Å². The van der Waals surface area contributed by atoms with Crippen molar-refractivity contribution >= 4 is 29.9 Å². The number of halogens is 4. The molecular formula is C23H30F3IN4O. The summed E-state index contributed by atoms with van der Waals surface area (Å²) < 4.78 is 43.5. The van der Waals surface area contributed by atoms with Crippen molar-refractivity contribution in [2.24, 2.45) is 10.9 Å². The largest absolute Gasteiger partial charge is 0.434 e. The van der Waals surface area contributed by atoms with Crippen LogP contribution in [0.1, 0.15) is 24.0 Å². The van der Waals surface area contributed by atoms with Crippen molar-refractivity contribution < 1.29 is 17.9 Å². The van der Waals surface area contributed by atoms with Gasteiger partial charge in [0.1, 0.15) is 11.6 Å². The van der Waals surface area contributed by atoms with Crippen LogP contribution in [0.5, 0.6) is 5.75 Å². The van der Waals surface area contributed by atoms with E-state index in [0.717, 1.165) is 38.0 Å². The number of nitrogens with one attached hydrogen (secondary N) is 2. The van der Waals surface area contributed by atoms with Gasteiger partial charge in [-0.25, -0.2) is 4.39 Å². The van der Waals surface area contributed by atoms with E-state index in [1.54, 1.807) is 31.3 Å². The van der Waals surface area contributed by atoms with Crippen LogP contribution in [0.15, 0.2) is 53.5 Å². The van der Waals surface area contributed by atoms with Crippen molar-refractivity contribution in [3.8, 4) is 5.75 Å². The molecule has 3 rings (SSSR count). The van der Waals surface area contributed by atoms with Gasteiger partial charge in [0.15, 0.2) is 5.96 Å². The van der Waals surface area contributed by atoms with Crippen LogP contribution in [0.4, 0.5) is 13.2 Å². The van der Waals surface area contributed by atoms with Gasteiger partial charge >= 0.3 is 6.61 Å². The van der Waals surface area contributed by atoms with Crippen molar-refractivity contribution in [2.45, 2.75) is 32.5 Å². The van der Waals surface area contributed by atoms with Crippen LogP contribution in [0.2, 0.25) is 0 Å². The third-order valence-corrected chi connectivity index (χ3v) is 5.48. The summed E-state index contributed by atoms with van der Waals surface area (Å²) in [5, 5.41) is 6.46. The highest BCUT2D eigenvalue weighted by Gasteiger charge is 2.20. The molecule has 176 valence electrons. The number of hydrogen-bond donors (Lipinski definition) is 2. The van der Waals surface area contributed by atoms with Crippen LogP contribution < -0.4 is 15.4 Å². The molecule has 1 aliphatic rings. The molecule has 0 radical (unpaired) electrons. The molecule has 0 bridgehead atoms. The Morgan fingerprint density at radius 1 is 1.06 bits per heavy atom. The van der Waals surface area contributed by atoms with E-state index in [-0.39, 0.29) is 35.5 Å². The maximum atomic E-state index is 13.9. The molecule has 0 atom stereocenters. The Bertz CT molecular complexity index is 861. The molecule has 1 fully saturated rings. The first-order chi connectivity index (χ1) is 15.0. The zero-order valence-corrected chi connectivity index (χ0v) is 20.4. The second kappa shape index (κ2) is 13.5. The SMILES string of the molecule is CN=C(NCc1ccccc1OC(F)F)NCC1CCN(Cc2ccccc2F)CC1.I. The van der Waals surface area contributed by atoms with E-state index in [1.807, 2.05) is 12.1 Å². The fourth-order valence-electron chi connectivity index (χ4n) is 3.72. The Balaban J connectivity index is 0.00000363. The molecule has 1 heterocycles. The zero-order valence-electron chi connectivity index (χ0n) is 18.1. The Morgan fingerprint density at radius 3 is 2.38 bits per heavy atom. The van der Waals surface area contributed by atoms with Gasteiger partial charge in [0.05, 0.1) is 0 Å². The van der Waals surface area contributed by atoms with Crippen molar-refractivity contribution in [3.05, 3.63) is 65.5 Å². The predicted octanol–water partition coefficient (Wildman–Crippen LogP) is 4.62. The summed E-state index contributed by atoms with van der Waals surface area (Å²) in [5.41, 5.74) is 1.37. The summed E-state index contributed by atoms with van der Waals surface area (Å²) in [5.74, 6) is 1.11. The Hall–Kier alpha value is -2.01. The topological polar surface area (TPSA) is 48.9 Å². The first-order valence-electron chi connectivity index (χ1n) is 10.5. The lowest BCUT2D eigenvalue weighted by Crippen LogP contribution is -2.42. The number of rotatable bonds is 8. The van der Waals surface area contributed by atoms with Gasteiger partial charge < -0.3 is 15.4 Å². The van der Waals surface area contributed by atoms with Crippen molar-refractivity contribution in [2.75, 3.05) is 26.7 Å². The van der Waals surface area contributed by atoms with Gasteiger partial charge in [0.25, 0.3) is 0 Å². The molecule has 0 aromatic heterocycles. The maximum absolute atomic E-state index is 13.9. The second-order valence-electron chi connectivity index (χ2n) is 7.60. The average Bonchev–Trinajstić information content (AvgIpc) is 2.77. The van der Waals surface area contributed by atoms with Gasteiger partial charge in [-0.15, -0.1) is 24.0 Å². The molecule has 0 unspecified atom stereocenters. The highest BCUT2D eigenvalue weighted by molar-refractivity contribution is 14.0. The van der Waals surface area contributed by atoms with Gasteiger partial charge in [-0.2, -0.15) is 8.78 Å². The number of alkyl halides is 2. The van der Waals surface area contributed by atoms with Gasteiger partial charge in [-0.3, -0.25) is 9.89 Å². The lowest BCUT2D eigenvalue weighted by atomic mass is 9.96. The summed E-state index contributed by atoms with van der Waals surface area (Å²) in [4.78, 5) is 6.49. The number of benzene rings is 2. The summed E-state index contributed by atoms with van der Waals surface area (Å²) in [6, 6.07) is 13.6. The molecule has 2 N–H and O–H groups in total. The molecular weight excluding hydrogens is 532 g/mol. The molecule has 0 spiro atoms. The smallest absolute Gasteiger partial charge is 0.387 e.